The van der Waals surface area contributed by atoms with Gasteiger partial charge >= 0.3 is 0 Å². The molecule has 21 heavy (non-hydrogen) atoms. The number of fused-ring (bicyclic) bond motifs is 1. The summed E-state index contributed by atoms with van der Waals surface area (Å²) in [6.07, 6.45) is 3.41. The van der Waals surface area contributed by atoms with E-state index in [2.05, 4.69) is 54.7 Å². The summed E-state index contributed by atoms with van der Waals surface area (Å²) in [5.41, 5.74) is 5.44. The molecule has 0 saturated heterocycles. The summed E-state index contributed by atoms with van der Waals surface area (Å²) in [6, 6.07) is 15.7. The number of hydrogen-bond donors (Lipinski definition) is 1. The van der Waals surface area contributed by atoms with Crippen LogP contribution < -0.4 is 10.1 Å². The van der Waals surface area contributed by atoms with Gasteiger partial charge < -0.3 is 10.1 Å². The summed E-state index contributed by atoms with van der Waals surface area (Å²) in [6.45, 7) is 2.81. The van der Waals surface area contributed by atoms with Crippen molar-refractivity contribution < 1.29 is 4.74 Å². The van der Waals surface area contributed by atoms with Gasteiger partial charge in [0.15, 0.2) is 0 Å². The van der Waals surface area contributed by atoms with E-state index in [4.69, 9.17) is 4.74 Å². The Morgan fingerprint density at radius 1 is 1.10 bits per heavy atom. The van der Waals surface area contributed by atoms with Crippen LogP contribution in [0.2, 0.25) is 0 Å². The minimum absolute atomic E-state index is 0.510. The van der Waals surface area contributed by atoms with E-state index in [1.165, 1.54) is 28.7 Å². The Hall–Kier alpha value is -1.80. The van der Waals surface area contributed by atoms with E-state index < -0.39 is 0 Å². The van der Waals surface area contributed by atoms with Crippen LogP contribution in [0.5, 0.6) is 5.75 Å². The molecule has 0 aromatic heterocycles. The zero-order chi connectivity index (χ0) is 14.7. The third-order valence-corrected chi connectivity index (χ3v) is 4.38. The summed E-state index contributed by atoms with van der Waals surface area (Å²) in [5, 5.41) is 3.37. The molecular formula is C19H23NO. The maximum absolute atomic E-state index is 5.94. The van der Waals surface area contributed by atoms with Crippen molar-refractivity contribution >= 4 is 0 Å². The number of hydrogen-bond acceptors (Lipinski definition) is 2. The van der Waals surface area contributed by atoms with Gasteiger partial charge in [0, 0.05) is 6.04 Å². The largest absolute Gasteiger partial charge is 0.489 e. The molecular weight excluding hydrogens is 258 g/mol. The molecule has 3 rings (SSSR count). The van der Waals surface area contributed by atoms with Crippen molar-refractivity contribution in [3.05, 3.63) is 64.7 Å². The van der Waals surface area contributed by atoms with Crippen LogP contribution in [0, 0.1) is 0 Å². The highest BCUT2D eigenvalue weighted by Crippen LogP contribution is 2.33. The number of rotatable bonds is 5. The SMILES string of the molecule is CCc1ccc(COc2ccc3c(c2)CCC3NC)cc1. The van der Waals surface area contributed by atoms with E-state index in [-0.39, 0.29) is 0 Å². The summed E-state index contributed by atoms with van der Waals surface area (Å²) < 4.78 is 5.94. The zero-order valence-electron chi connectivity index (χ0n) is 12.9. The van der Waals surface area contributed by atoms with Crippen LogP contribution in [0.3, 0.4) is 0 Å². The van der Waals surface area contributed by atoms with Gasteiger partial charge in [-0.25, -0.2) is 0 Å². The van der Waals surface area contributed by atoms with E-state index in [9.17, 15) is 0 Å². The Labute approximate surface area is 127 Å². The van der Waals surface area contributed by atoms with Crippen LogP contribution in [0.4, 0.5) is 0 Å². The normalized spacial score (nSPS) is 16.8. The lowest BCUT2D eigenvalue weighted by Gasteiger charge is -2.11. The van der Waals surface area contributed by atoms with E-state index >= 15 is 0 Å². The van der Waals surface area contributed by atoms with Gasteiger partial charge in [-0.1, -0.05) is 37.3 Å². The Balaban J connectivity index is 1.65. The number of ether oxygens (including phenoxy) is 1. The molecule has 1 aliphatic rings. The van der Waals surface area contributed by atoms with Crippen molar-refractivity contribution in [3.8, 4) is 5.75 Å². The van der Waals surface area contributed by atoms with E-state index in [1.54, 1.807) is 0 Å². The molecule has 2 nitrogen and oxygen atoms in total. The van der Waals surface area contributed by atoms with Crippen molar-refractivity contribution in [2.75, 3.05) is 7.05 Å². The van der Waals surface area contributed by atoms with Crippen LogP contribution in [-0.4, -0.2) is 7.05 Å². The molecule has 2 aromatic rings. The third-order valence-electron chi connectivity index (χ3n) is 4.38. The van der Waals surface area contributed by atoms with Crippen molar-refractivity contribution in [1.29, 1.82) is 0 Å². The predicted molar refractivity (Wildman–Crippen MR) is 86.7 cm³/mol. The highest BCUT2D eigenvalue weighted by atomic mass is 16.5. The molecule has 1 atom stereocenters. The van der Waals surface area contributed by atoms with Crippen LogP contribution >= 0.6 is 0 Å². The number of nitrogens with one attached hydrogen (secondary N) is 1. The maximum Gasteiger partial charge on any atom is 0.120 e. The first kappa shape index (κ1) is 14.2. The van der Waals surface area contributed by atoms with Gasteiger partial charge in [-0.05, 0) is 60.7 Å². The molecule has 0 bridgehead atoms. The lowest BCUT2D eigenvalue weighted by atomic mass is 10.1. The van der Waals surface area contributed by atoms with Gasteiger partial charge in [-0.3, -0.25) is 0 Å². The highest BCUT2D eigenvalue weighted by molar-refractivity contribution is 5.40. The van der Waals surface area contributed by atoms with Crippen molar-refractivity contribution in [2.24, 2.45) is 0 Å². The zero-order valence-corrected chi connectivity index (χ0v) is 12.9. The topological polar surface area (TPSA) is 21.3 Å². The molecule has 0 radical (unpaired) electrons. The first-order chi connectivity index (χ1) is 10.3. The molecule has 0 fully saturated rings. The summed E-state index contributed by atoms with van der Waals surface area (Å²) >= 11 is 0. The first-order valence-electron chi connectivity index (χ1n) is 7.81. The molecule has 1 unspecified atom stereocenters. The van der Waals surface area contributed by atoms with Crippen LogP contribution in [0.15, 0.2) is 42.5 Å². The smallest absolute Gasteiger partial charge is 0.120 e. The van der Waals surface area contributed by atoms with Crippen molar-refractivity contribution in [1.82, 2.24) is 5.32 Å². The van der Waals surface area contributed by atoms with Gasteiger partial charge in [0.05, 0.1) is 0 Å². The lowest BCUT2D eigenvalue weighted by Crippen LogP contribution is -2.12. The molecule has 110 valence electrons. The quantitative estimate of drug-likeness (QED) is 0.893. The number of benzene rings is 2. The Morgan fingerprint density at radius 2 is 1.86 bits per heavy atom. The maximum atomic E-state index is 5.94. The minimum Gasteiger partial charge on any atom is -0.489 e. The van der Waals surface area contributed by atoms with E-state index in [0.717, 1.165) is 18.6 Å². The molecule has 0 aliphatic heterocycles. The third kappa shape index (κ3) is 3.11. The Kier molecular flexibility index (Phi) is 4.26. The van der Waals surface area contributed by atoms with Gasteiger partial charge in [-0.15, -0.1) is 0 Å². The molecule has 0 amide bonds. The van der Waals surface area contributed by atoms with Crippen LogP contribution in [0.25, 0.3) is 0 Å². The summed E-state index contributed by atoms with van der Waals surface area (Å²) in [7, 11) is 2.03. The monoisotopic (exact) mass is 281 g/mol. The number of aryl methyl sites for hydroxylation is 2. The van der Waals surface area contributed by atoms with Crippen LogP contribution in [0.1, 0.15) is 41.6 Å². The molecule has 0 spiro atoms. The van der Waals surface area contributed by atoms with Crippen LogP contribution in [-0.2, 0) is 19.4 Å². The highest BCUT2D eigenvalue weighted by Gasteiger charge is 2.20. The second-order valence-electron chi connectivity index (χ2n) is 5.70. The fourth-order valence-corrected chi connectivity index (χ4v) is 3.02. The van der Waals surface area contributed by atoms with E-state index in [1.807, 2.05) is 7.05 Å². The molecule has 2 aromatic carbocycles. The predicted octanol–water partition coefficient (Wildman–Crippen LogP) is 4.03. The van der Waals surface area contributed by atoms with Gasteiger partial charge in [-0.2, -0.15) is 0 Å². The second-order valence-corrected chi connectivity index (χ2v) is 5.70. The average Bonchev–Trinajstić information content (AvgIpc) is 2.95. The van der Waals surface area contributed by atoms with Gasteiger partial charge in [0.25, 0.3) is 0 Å². The molecule has 1 N–H and O–H groups in total. The van der Waals surface area contributed by atoms with E-state index in [0.29, 0.717) is 12.6 Å². The molecule has 2 heteroatoms. The molecule has 0 heterocycles. The minimum atomic E-state index is 0.510. The lowest BCUT2D eigenvalue weighted by molar-refractivity contribution is 0.306. The Morgan fingerprint density at radius 3 is 2.57 bits per heavy atom. The average molecular weight is 281 g/mol. The standard InChI is InChI=1S/C19H23NO/c1-3-14-4-6-15(7-5-14)13-21-17-9-10-18-16(12-17)8-11-19(18)20-2/h4-7,9-10,12,19-20H,3,8,11,13H2,1-2H3. The van der Waals surface area contributed by atoms with Gasteiger partial charge in [0.1, 0.15) is 12.4 Å². The Bertz CT molecular complexity index is 603. The summed E-state index contributed by atoms with van der Waals surface area (Å²) in [5.74, 6) is 0.977. The molecule has 0 saturated carbocycles. The second kappa shape index (κ2) is 6.31. The van der Waals surface area contributed by atoms with Crippen molar-refractivity contribution in [2.45, 2.75) is 38.8 Å². The fraction of sp³-hybridized carbons (Fsp3) is 0.368. The first-order valence-corrected chi connectivity index (χ1v) is 7.81. The molecule has 1 aliphatic carbocycles. The fourth-order valence-electron chi connectivity index (χ4n) is 3.02. The summed E-state index contributed by atoms with van der Waals surface area (Å²) in [4.78, 5) is 0. The van der Waals surface area contributed by atoms with Crippen molar-refractivity contribution in [3.63, 3.8) is 0 Å². The van der Waals surface area contributed by atoms with Gasteiger partial charge in [0.2, 0.25) is 0 Å².